The molecule has 0 aromatic rings. The number of hydrogen-bond donors (Lipinski definition) is 2. The zero-order chi connectivity index (χ0) is 10.5. The maximum atomic E-state index is 4.26. The summed E-state index contributed by atoms with van der Waals surface area (Å²) in [4.78, 5) is 4.26. The van der Waals surface area contributed by atoms with Gasteiger partial charge >= 0.3 is 0 Å². The molecule has 1 saturated heterocycles. The highest BCUT2D eigenvalue weighted by atomic mass is 127. The lowest BCUT2D eigenvalue weighted by atomic mass is 9.93. The number of guanidine groups is 1. The van der Waals surface area contributed by atoms with Crippen molar-refractivity contribution < 1.29 is 0 Å². The van der Waals surface area contributed by atoms with Crippen molar-refractivity contribution in [1.82, 2.24) is 10.6 Å². The van der Waals surface area contributed by atoms with Gasteiger partial charge in [0.05, 0.1) is 0 Å². The summed E-state index contributed by atoms with van der Waals surface area (Å²) in [7, 11) is 1.86. The van der Waals surface area contributed by atoms with Gasteiger partial charge in [0.2, 0.25) is 0 Å². The van der Waals surface area contributed by atoms with E-state index in [1.54, 1.807) is 0 Å². The molecule has 2 rings (SSSR count). The van der Waals surface area contributed by atoms with E-state index in [4.69, 9.17) is 0 Å². The van der Waals surface area contributed by atoms with Crippen LogP contribution in [0.25, 0.3) is 0 Å². The molecule has 1 aliphatic heterocycles. The van der Waals surface area contributed by atoms with E-state index < -0.39 is 0 Å². The second-order valence-corrected chi connectivity index (χ2v) is 5.77. The van der Waals surface area contributed by atoms with E-state index >= 15 is 0 Å². The standard InChI is InChI=1S/C11H21N3S.HI/c1-12-11(14-9-4-2-5-9)13-8-10-6-3-7-15-10;/h9-10H,2-8H2,1H3,(H2,12,13,14);1H. The Morgan fingerprint density at radius 1 is 1.31 bits per heavy atom. The van der Waals surface area contributed by atoms with Gasteiger partial charge in [0.1, 0.15) is 0 Å². The van der Waals surface area contributed by atoms with Crippen LogP contribution >= 0.6 is 35.7 Å². The van der Waals surface area contributed by atoms with E-state index in [0.29, 0.717) is 6.04 Å². The van der Waals surface area contributed by atoms with E-state index in [9.17, 15) is 0 Å². The predicted molar refractivity (Wildman–Crippen MR) is 83.0 cm³/mol. The monoisotopic (exact) mass is 355 g/mol. The Bertz CT molecular complexity index is 225. The van der Waals surface area contributed by atoms with Crippen LogP contribution in [0.4, 0.5) is 0 Å². The van der Waals surface area contributed by atoms with Crippen LogP contribution in [-0.4, -0.2) is 36.6 Å². The molecule has 0 radical (unpaired) electrons. The molecule has 0 aromatic carbocycles. The molecule has 0 bridgehead atoms. The zero-order valence-electron chi connectivity index (χ0n) is 9.87. The molecule has 0 aromatic heterocycles. The maximum Gasteiger partial charge on any atom is 0.191 e. The van der Waals surface area contributed by atoms with Crippen LogP contribution in [0.1, 0.15) is 32.1 Å². The van der Waals surface area contributed by atoms with Gasteiger partial charge in [-0.15, -0.1) is 24.0 Å². The van der Waals surface area contributed by atoms with E-state index in [-0.39, 0.29) is 24.0 Å². The van der Waals surface area contributed by atoms with Crippen molar-refractivity contribution in [3.63, 3.8) is 0 Å². The van der Waals surface area contributed by atoms with E-state index in [1.807, 2.05) is 7.05 Å². The summed E-state index contributed by atoms with van der Waals surface area (Å²) in [6.45, 7) is 1.07. The minimum atomic E-state index is 0. The first kappa shape index (κ1) is 14.4. The summed E-state index contributed by atoms with van der Waals surface area (Å²) in [6, 6.07) is 0.674. The molecule has 1 heterocycles. The van der Waals surface area contributed by atoms with Gasteiger partial charge in [0.25, 0.3) is 0 Å². The van der Waals surface area contributed by atoms with Crippen molar-refractivity contribution in [3.8, 4) is 0 Å². The third kappa shape index (κ3) is 4.31. The number of nitrogens with one attached hydrogen (secondary N) is 2. The minimum Gasteiger partial charge on any atom is -0.355 e. The second kappa shape index (κ2) is 7.63. The summed E-state index contributed by atoms with van der Waals surface area (Å²) in [6.07, 6.45) is 6.72. The molecule has 94 valence electrons. The van der Waals surface area contributed by atoms with Gasteiger partial charge in [-0.3, -0.25) is 4.99 Å². The number of rotatable bonds is 3. The number of aliphatic imine (C=N–C) groups is 1. The largest absolute Gasteiger partial charge is 0.355 e. The van der Waals surface area contributed by atoms with E-state index in [1.165, 1.54) is 37.9 Å². The van der Waals surface area contributed by atoms with Crippen LogP contribution < -0.4 is 10.6 Å². The Balaban J connectivity index is 0.00000128. The summed E-state index contributed by atoms with van der Waals surface area (Å²) in [5.74, 6) is 2.33. The minimum absolute atomic E-state index is 0. The normalized spacial score (nSPS) is 25.8. The quantitative estimate of drug-likeness (QED) is 0.463. The maximum absolute atomic E-state index is 4.26. The Kier molecular flexibility index (Phi) is 6.87. The van der Waals surface area contributed by atoms with Crippen LogP contribution in [0.2, 0.25) is 0 Å². The summed E-state index contributed by atoms with van der Waals surface area (Å²) < 4.78 is 0. The molecule has 1 aliphatic carbocycles. The van der Waals surface area contributed by atoms with Crippen molar-refractivity contribution in [2.75, 3.05) is 19.3 Å². The molecule has 0 spiro atoms. The first-order valence-electron chi connectivity index (χ1n) is 5.97. The van der Waals surface area contributed by atoms with Gasteiger partial charge in [0.15, 0.2) is 5.96 Å². The average Bonchev–Trinajstić information content (AvgIpc) is 2.68. The third-order valence-electron chi connectivity index (χ3n) is 3.19. The van der Waals surface area contributed by atoms with Crippen molar-refractivity contribution in [1.29, 1.82) is 0 Å². The van der Waals surface area contributed by atoms with Gasteiger partial charge in [-0.25, -0.2) is 0 Å². The third-order valence-corrected chi connectivity index (χ3v) is 4.59. The summed E-state index contributed by atoms with van der Waals surface area (Å²) in [5.41, 5.74) is 0. The van der Waals surface area contributed by atoms with Crippen molar-refractivity contribution in [2.45, 2.75) is 43.4 Å². The van der Waals surface area contributed by atoms with Crippen LogP contribution in [0, 0.1) is 0 Å². The predicted octanol–water partition coefficient (Wildman–Crippen LogP) is 2.22. The number of halogens is 1. The lowest BCUT2D eigenvalue weighted by Crippen LogP contribution is -2.47. The highest BCUT2D eigenvalue weighted by molar-refractivity contribution is 14.0. The van der Waals surface area contributed by atoms with E-state index in [0.717, 1.165) is 17.8 Å². The molecule has 5 heteroatoms. The van der Waals surface area contributed by atoms with Crippen LogP contribution in [0.5, 0.6) is 0 Å². The smallest absolute Gasteiger partial charge is 0.191 e. The topological polar surface area (TPSA) is 36.4 Å². The lowest BCUT2D eigenvalue weighted by Gasteiger charge is -2.28. The first-order valence-corrected chi connectivity index (χ1v) is 7.02. The molecule has 1 unspecified atom stereocenters. The first-order chi connectivity index (χ1) is 7.38. The number of thioether (sulfide) groups is 1. The van der Waals surface area contributed by atoms with Gasteiger partial charge in [-0.05, 0) is 37.9 Å². The number of nitrogens with zero attached hydrogens (tertiary/aromatic N) is 1. The Hall–Kier alpha value is 0.350. The molecule has 3 nitrogen and oxygen atoms in total. The molecule has 2 aliphatic rings. The molecular formula is C11H22IN3S. The summed E-state index contributed by atoms with van der Waals surface area (Å²) in [5, 5.41) is 7.68. The van der Waals surface area contributed by atoms with Crippen molar-refractivity contribution >= 4 is 41.7 Å². The summed E-state index contributed by atoms with van der Waals surface area (Å²) >= 11 is 2.09. The molecule has 2 N–H and O–H groups in total. The van der Waals surface area contributed by atoms with Crippen molar-refractivity contribution in [2.24, 2.45) is 4.99 Å². The fourth-order valence-electron chi connectivity index (χ4n) is 1.96. The van der Waals surface area contributed by atoms with Crippen LogP contribution in [0.15, 0.2) is 4.99 Å². The molecule has 1 atom stereocenters. The molecule has 2 fully saturated rings. The number of hydrogen-bond acceptors (Lipinski definition) is 2. The zero-order valence-corrected chi connectivity index (χ0v) is 13.0. The van der Waals surface area contributed by atoms with Crippen molar-refractivity contribution in [3.05, 3.63) is 0 Å². The van der Waals surface area contributed by atoms with E-state index in [2.05, 4.69) is 27.4 Å². The Labute approximate surface area is 120 Å². The Morgan fingerprint density at radius 2 is 2.12 bits per heavy atom. The lowest BCUT2D eigenvalue weighted by molar-refractivity contribution is 0.380. The van der Waals surface area contributed by atoms with Gasteiger partial charge in [-0.2, -0.15) is 11.8 Å². The molecule has 16 heavy (non-hydrogen) atoms. The van der Waals surface area contributed by atoms with Gasteiger partial charge < -0.3 is 10.6 Å². The Morgan fingerprint density at radius 3 is 2.62 bits per heavy atom. The van der Waals surface area contributed by atoms with Gasteiger partial charge in [0, 0.05) is 24.9 Å². The highest BCUT2D eigenvalue weighted by Crippen LogP contribution is 2.25. The average molecular weight is 355 g/mol. The van der Waals surface area contributed by atoms with Gasteiger partial charge in [-0.1, -0.05) is 0 Å². The fourth-order valence-corrected chi connectivity index (χ4v) is 3.16. The SMILES string of the molecule is CN=C(NCC1CCCS1)NC1CCC1.I. The second-order valence-electron chi connectivity index (χ2n) is 4.36. The molecular weight excluding hydrogens is 333 g/mol. The fraction of sp³-hybridized carbons (Fsp3) is 0.909. The molecule has 1 saturated carbocycles. The van der Waals surface area contributed by atoms with Crippen LogP contribution in [0.3, 0.4) is 0 Å². The highest BCUT2D eigenvalue weighted by Gasteiger charge is 2.19. The molecule has 0 amide bonds. The van der Waals surface area contributed by atoms with Crippen LogP contribution in [-0.2, 0) is 0 Å².